The number of morpholine rings is 1. The van der Waals surface area contributed by atoms with E-state index in [0.717, 1.165) is 43.6 Å². The van der Waals surface area contributed by atoms with E-state index in [1.54, 1.807) is 36.3 Å². The molecular formula is C37H44N2O7. The lowest BCUT2D eigenvalue weighted by molar-refractivity contribution is -0.140. The fraction of sp³-hybridized carbons (Fsp3) is 0.405. The lowest BCUT2D eigenvalue weighted by Gasteiger charge is -2.29. The minimum atomic E-state index is -0.804. The van der Waals surface area contributed by atoms with Crippen molar-refractivity contribution in [1.82, 2.24) is 9.80 Å². The third-order valence-corrected chi connectivity index (χ3v) is 8.48. The maximum Gasteiger partial charge on any atom is 0.295 e. The molecular weight excluding hydrogens is 584 g/mol. The number of carbonyl (C=O) groups is 2. The van der Waals surface area contributed by atoms with Gasteiger partial charge < -0.3 is 29.0 Å². The number of carbonyl (C=O) groups excluding carboxylic acids is 2. The first-order valence-corrected chi connectivity index (χ1v) is 16.1. The Kier molecular flexibility index (Phi) is 11.3. The molecule has 0 aromatic heterocycles. The van der Waals surface area contributed by atoms with Crippen LogP contribution in [0.4, 0.5) is 0 Å². The summed E-state index contributed by atoms with van der Waals surface area (Å²) in [5, 5.41) is 11.7. The number of nitrogens with zero attached hydrogens (tertiary/aromatic N) is 2. The van der Waals surface area contributed by atoms with E-state index in [1.807, 2.05) is 49.4 Å². The third-order valence-electron chi connectivity index (χ3n) is 8.48. The van der Waals surface area contributed by atoms with Gasteiger partial charge in [-0.05, 0) is 66.8 Å². The molecule has 9 heteroatoms. The zero-order chi connectivity index (χ0) is 32.5. The first kappa shape index (κ1) is 33.0. The number of aliphatic hydroxyl groups excluding tert-OH is 1. The maximum absolute atomic E-state index is 13.7. The fourth-order valence-electron chi connectivity index (χ4n) is 5.93. The van der Waals surface area contributed by atoms with E-state index in [-0.39, 0.29) is 11.3 Å². The first-order chi connectivity index (χ1) is 22.4. The topological polar surface area (TPSA) is 97.8 Å². The molecule has 0 spiro atoms. The van der Waals surface area contributed by atoms with Gasteiger partial charge in [0.1, 0.15) is 18.1 Å². The largest absolute Gasteiger partial charge is 0.507 e. The summed E-state index contributed by atoms with van der Waals surface area (Å²) in [6.07, 6.45) is 2.63. The molecule has 1 atom stereocenters. The van der Waals surface area contributed by atoms with Crippen molar-refractivity contribution in [3.05, 3.63) is 94.6 Å². The van der Waals surface area contributed by atoms with Gasteiger partial charge in [0.05, 0.1) is 38.5 Å². The predicted molar refractivity (Wildman–Crippen MR) is 176 cm³/mol. The number of ether oxygens (including phenoxy) is 4. The van der Waals surface area contributed by atoms with Gasteiger partial charge in [0.15, 0.2) is 11.5 Å². The molecule has 2 heterocycles. The Balaban J connectivity index is 1.48. The van der Waals surface area contributed by atoms with E-state index in [4.69, 9.17) is 18.9 Å². The van der Waals surface area contributed by atoms with Crippen molar-refractivity contribution in [2.75, 3.05) is 53.1 Å². The van der Waals surface area contributed by atoms with E-state index in [9.17, 15) is 14.7 Å². The van der Waals surface area contributed by atoms with Gasteiger partial charge in [-0.25, -0.2) is 0 Å². The number of methoxy groups -OCH3 is 1. The molecule has 46 heavy (non-hydrogen) atoms. The highest BCUT2D eigenvalue weighted by molar-refractivity contribution is 6.46. The number of hydrogen-bond acceptors (Lipinski definition) is 8. The fourth-order valence-corrected chi connectivity index (χ4v) is 5.93. The van der Waals surface area contributed by atoms with Crippen molar-refractivity contribution in [2.45, 2.75) is 45.8 Å². The summed E-state index contributed by atoms with van der Waals surface area (Å²) in [5.74, 6) is 0.151. The van der Waals surface area contributed by atoms with Gasteiger partial charge in [-0.15, -0.1) is 0 Å². The van der Waals surface area contributed by atoms with Crippen LogP contribution < -0.4 is 14.2 Å². The van der Waals surface area contributed by atoms with Gasteiger partial charge >= 0.3 is 0 Å². The van der Waals surface area contributed by atoms with Crippen molar-refractivity contribution in [3.63, 3.8) is 0 Å². The molecule has 0 saturated carbocycles. The summed E-state index contributed by atoms with van der Waals surface area (Å²) in [6, 6.07) is 19.8. The van der Waals surface area contributed by atoms with E-state index in [2.05, 4.69) is 11.8 Å². The Bertz CT molecular complexity index is 1530. The van der Waals surface area contributed by atoms with Crippen molar-refractivity contribution in [3.8, 4) is 17.2 Å². The second-order valence-corrected chi connectivity index (χ2v) is 11.7. The van der Waals surface area contributed by atoms with Crippen LogP contribution in [0.25, 0.3) is 5.76 Å². The number of amides is 1. The molecule has 2 aliphatic heterocycles. The molecule has 5 rings (SSSR count). The van der Waals surface area contributed by atoms with Crippen molar-refractivity contribution < 1.29 is 33.6 Å². The number of Topliss-reactive ketones (excluding diaryl/α,β-unsaturated/α-hetero) is 1. The van der Waals surface area contributed by atoms with Crippen LogP contribution >= 0.6 is 0 Å². The quantitative estimate of drug-likeness (QED) is 0.102. The summed E-state index contributed by atoms with van der Waals surface area (Å²) in [4.78, 5) is 31.2. The van der Waals surface area contributed by atoms with E-state index < -0.39 is 17.7 Å². The lowest BCUT2D eigenvalue weighted by atomic mass is 9.93. The number of aliphatic hydroxyl groups is 1. The van der Waals surface area contributed by atoms with Crippen molar-refractivity contribution in [1.29, 1.82) is 0 Å². The monoisotopic (exact) mass is 628 g/mol. The highest BCUT2D eigenvalue weighted by Gasteiger charge is 2.46. The molecule has 3 aromatic rings. The molecule has 3 aromatic carbocycles. The van der Waals surface area contributed by atoms with Crippen LogP contribution in [0.2, 0.25) is 0 Å². The van der Waals surface area contributed by atoms with Crippen LogP contribution in [0.1, 0.15) is 54.5 Å². The standard InChI is InChI=1S/C37H44N2O7/c1-4-5-20-45-29-13-14-30(26(2)23-29)35(40)33-34(39(37(42)36(33)41)17-9-16-38-18-21-44-22-19-38)28-12-15-31(32(24-28)43-3)46-25-27-10-7-6-8-11-27/h6-8,10-15,23-24,34,40H,4-5,9,16-22,25H2,1-3H3. The van der Waals surface area contributed by atoms with Gasteiger partial charge in [-0.3, -0.25) is 14.5 Å². The number of unbranched alkanes of at least 4 members (excludes halogenated alkanes) is 1. The number of likely N-dealkylation sites (tertiary alicyclic amines) is 1. The molecule has 2 fully saturated rings. The third kappa shape index (κ3) is 7.71. The van der Waals surface area contributed by atoms with Gasteiger partial charge in [-0.1, -0.05) is 49.7 Å². The Morgan fingerprint density at radius 2 is 1.72 bits per heavy atom. The maximum atomic E-state index is 13.7. The van der Waals surface area contributed by atoms with Crippen LogP contribution in [0.15, 0.2) is 72.3 Å². The smallest absolute Gasteiger partial charge is 0.295 e. The molecule has 244 valence electrons. The summed E-state index contributed by atoms with van der Waals surface area (Å²) in [5.41, 5.74) is 2.94. The number of rotatable bonds is 14. The average molecular weight is 629 g/mol. The number of aryl methyl sites for hydroxylation is 1. The predicted octanol–water partition coefficient (Wildman–Crippen LogP) is 5.91. The second kappa shape index (κ2) is 15.8. The molecule has 0 radical (unpaired) electrons. The molecule has 0 aliphatic carbocycles. The van der Waals surface area contributed by atoms with Crippen LogP contribution in [0, 0.1) is 6.92 Å². The van der Waals surface area contributed by atoms with Crippen molar-refractivity contribution in [2.24, 2.45) is 0 Å². The minimum Gasteiger partial charge on any atom is -0.507 e. The molecule has 1 unspecified atom stereocenters. The number of hydrogen-bond donors (Lipinski definition) is 1. The van der Waals surface area contributed by atoms with Crippen LogP contribution in [-0.2, 0) is 20.9 Å². The van der Waals surface area contributed by atoms with Gasteiger partial charge in [0, 0.05) is 31.7 Å². The molecule has 1 N–H and O–H groups in total. The van der Waals surface area contributed by atoms with Crippen LogP contribution in [0.5, 0.6) is 17.2 Å². The van der Waals surface area contributed by atoms with Crippen LogP contribution in [-0.4, -0.2) is 79.7 Å². The molecule has 1 amide bonds. The van der Waals surface area contributed by atoms with E-state index in [0.29, 0.717) is 67.8 Å². The number of ketones is 1. The summed E-state index contributed by atoms with van der Waals surface area (Å²) in [6.45, 7) is 9.08. The van der Waals surface area contributed by atoms with Crippen molar-refractivity contribution >= 4 is 17.4 Å². The summed E-state index contributed by atoms with van der Waals surface area (Å²) >= 11 is 0. The highest BCUT2D eigenvalue weighted by atomic mass is 16.5. The summed E-state index contributed by atoms with van der Waals surface area (Å²) in [7, 11) is 1.56. The van der Waals surface area contributed by atoms with Gasteiger partial charge in [0.25, 0.3) is 11.7 Å². The Hall–Kier alpha value is -4.34. The molecule has 2 saturated heterocycles. The normalized spacial score (nSPS) is 18.2. The van der Waals surface area contributed by atoms with Gasteiger partial charge in [-0.2, -0.15) is 0 Å². The van der Waals surface area contributed by atoms with E-state index in [1.165, 1.54) is 0 Å². The molecule has 9 nitrogen and oxygen atoms in total. The molecule has 0 bridgehead atoms. The zero-order valence-corrected chi connectivity index (χ0v) is 27.0. The zero-order valence-electron chi connectivity index (χ0n) is 27.0. The Morgan fingerprint density at radius 1 is 0.935 bits per heavy atom. The van der Waals surface area contributed by atoms with Gasteiger partial charge in [0.2, 0.25) is 0 Å². The second-order valence-electron chi connectivity index (χ2n) is 11.7. The summed E-state index contributed by atoms with van der Waals surface area (Å²) < 4.78 is 23.1. The highest BCUT2D eigenvalue weighted by Crippen LogP contribution is 2.42. The lowest BCUT2D eigenvalue weighted by Crippen LogP contribution is -2.39. The minimum absolute atomic E-state index is 0.0548. The van der Waals surface area contributed by atoms with Crippen LogP contribution in [0.3, 0.4) is 0 Å². The Morgan fingerprint density at radius 3 is 2.43 bits per heavy atom. The average Bonchev–Trinajstić information content (AvgIpc) is 3.33. The molecule has 2 aliphatic rings. The number of benzene rings is 3. The van der Waals surface area contributed by atoms with E-state index >= 15 is 0 Å². The first-order valence-electron chi connectivity index (χ1n) is 16.1. The SMILES string of the molecule is CCCCOc1ccc(C(O)=C2C(=O)C(=O)N(CCCN3CCOCC3)C2c2ccc(OCc3ccccc3)c(OC)c2)c(C)c1. The Labute approximate surface area is 271 Å².